The highest BCUT2D eigenvalue weighted by Crippen LogP contribution is 2.34. The van der Waals surface area contributed by atoms with Crippen LogP contribution in [0.25, 0.3) is 32.7 Å². The number of benzene rings is 4. The summed E-state index contributed by atoms with van der Waals surface area (Å²) in [5.74, 6) is 0. The fourth-order valence-corrected chi connectivity index (χ4v) is 3.13. The molecule has 0 fully saturated rings. The van der Waals surface area contributed by atoms with Crippen LogP contribution in [0, 0.1) is 0 Å². The van der Waals surface area contributed by atoms with E-state index in [-0.39, 0.29) is 7.48 Å². The first-order valence-corrected chi connectivity index (χ1v) is 7.47. The van der Waals surface area contributed by atoms with E-state index in [1.165, 1.54) is 27.1 Å². The Morgan fingerprint density at radius 3 is 2.18 bits per heavy atom. The third kappa shape index (κ3) is 2.09. The van der Waals surface area contributed by atoms with E-state index in [1.807, 2.05) is 12.1 Å². The lowest BCUT2D eigenvalue weighted by molar-refractivity contribution is 0.615. The van der Waals surface area contributed by atoms with Gasteiger partial charge in [0, 0.05) is 0 Å². The Morgan fingerprint density at radius 2 is 1.36 bits per heavy atom. The summed E-state index contributed by atoms with van der Waals surface area (Å²) < 4.78 is 0. The lowest BCUT2D eigenvalue weighted by atomic mass is 9.85. The summed E-state index contributed by atoms with van der Waals surface area (Å²) in [6.07, 6.45) is 0. The third-order valence-corrected chi connectivity index (χ3v) is 4.19. The molecule has 2 heteroatoms. The van der Waals surface area contributed by atoms with Crippen LogP contribution in [-0.2, 0) is 0 Å². The molecular formula is C20H15BO. The molecule has 0 spiro atoms. The van der Waals surface area contributed by atoms with Crippen molar-refractivity contribution in [1.29, 1.82) is 0 Å². The van der Waals surface area contributed by atoms with Crippen LogP contribution in [0.2, 0.25) is 0 Å². The van der Waals surface area contributed by atoms with Gasteiger partial charge in [0.05, 0.1) is 0 Å². The summed E-state index contributed by atoms with van der Waals surface area (Å²) in [5, 5.41) is 14.4. The van der Waals surface area contributed by atoms with Crippen molar-refractivity contribution in [1.82, 2.24) is 0 Å². The van der Waals surface area contributed by atoms with Crippen molar-refractivity contribution in [3.63, 3.8) is 0 Å². The second kappa shape index (κ2) is 5.32. The number of rotatable bonds is 2. The molecule has 0 saturated carbocycles. The van der Waals surface area contributed by atoms with E-state index < -0.39 is 0 Å². The van der Waals surface area contributed by atoms with E-state index >= 15 is 0 Å². The van der Waals surface area contributed by atoms with Crippen molar-refractivity contribution in [2.75, 3.05) is 0 Å². The summed E-state index contributed by atoms with van der Waals surface area (Å²) >= 11 is 0. The van der Waals surface area contributed by atoms with Crippen molar-refractivity contribution in [2.24, 2.45) is 0 Å². The molecule has 0 saturated heterocycles. The Bertz CT molecular complexity index is 975. The number of hydrogen-bond acceptors (Lipinski definition) is 1. The largest absolute Gasteiger partial charge is 0.449 e. The Kier molecular flexibility index (Phi) is 3.17. The topological polar surface area (TPSA) is 20.2 Å². The third-order valence-electron chi connectivity index (χ3n) is 4.19. The molecular weight excluding hydrogens is 267 g/mol. The van der Waals surface area contributed by atoms with Crippen molar-refractivity contribution >= 4 is 34.5 Å². The number of hydrogen-bond donors (Lipinski definition) is 1. The molecule has 0 heterocycles. The smallest absolute Gasteiger partial charge is 0.304 e. The van der Waals surface area contributed by atoms with E-state index in [2.05, 4.69) is 66.7 Å². The minimum absolute atomic E-state index is 0.0688. The molecule has 0 aromatic heterocycles. The fourth-order valence-electron chi connectivity index (χ4n) is 3.13. The Hall–Kier alpha value is -2.58. The average molecular weight is 282 g/mol. The van der Waals surface area contributed by atoms with E-state index in [0.29, 0.717) is 0 Å². The SMILES string of the molecule is OBc1cccc(-c2cc3ccccc3c3ccccc23)c1. The predicted molar refractivity (Wildman–Crippen MR) is 95.9 cm³/mol. The molecule has 0 aliphatic rings. The molecule has 0 aliphatic carbocycles. The molecule has 0 amide bonds. The van der Waals surface area contributed by atoms with Gasteiger partial charge in [0.25, 0.3) is 0 Å². The van der Waals surface area contributed by atoms with Crippen LogP contribution in [0.5, 0.6) is 0 Å². The van der Waals surface area contributed by atoms with Gasteiger partial charge in [0.2, 0.25) is 0 Å². The standard InChI is InChI=1S/C20H15BO/c22-21-16-8-5-7-14(12-16)20-13-15-6-1-2-9-17(15)18-10-3-4-11-19(18)20/h1-13,21-22H. The zero-order valence-electron chi connectivity index (χ0n) is 12.2. The molecule has 104 valence electrons. The van der Waals surface area contributed by atoms with E-state index in [9.17, 15) is 5.02 Å². The van der Waals surface area contributed by atoms with E-state index in [4.69, 9.17) is 0 Å². The van der Waals surface area contributed by atoms with Crippen LogP contribution in [0.15, 0.2) is 78.9 Å². The van der Waals surface area contributed by atoms with E-state index in [0.717, 1.165) is 11.0 Å². The van der Waals surface area contributed by atoms with Crippen LogP contribution in [0.4, 0.5) is 0 Å². The van der Waals surface area contributed by atoms with Gasteiger partial charge in [-0.05, 0) is 38.7 Å². The van der Waals surface area contributed by atoms with Gasteiger partial charge in [-0.2, -0.15) is 0 Å². The zero-order chi connectivity index (χ0) is 14.9. The van der Waals surface area contributed by atoms with Gasteiger partial charge in [-0.25, -0.2) is 0 Å². The normalized spacial score (nSPS) is 11.0. The Balaban J connectivity index is 2.11. The second-order valence-corrected chi connectivity index (χ2v) is 5.55. The van der Waals surface area contributed by atoms with Crippen molar-refractivity contribution in [3.8, 4) is 11.1 Å². The van der Waals surface area contributed by atoms with Gasteiger partial charge in [-0.15, -0.1) is 0 Å². The van der Waals surface area contributed by atoms with Crippen LogP contribution in [0.3, 0.4) is 0 Å². The molecule has 0 unspecified atom stereocenters. The van der Waals surface area contributed by atoms with Gasteiger partial charge in [-0.1, -0.05) is 78.3 Å². The summed E-state index contributed by atoms with van der Waals surface area (Å²) in [6, 6.07) is 27.4. The van der Waals surface area contributed by atoms with Gasteiger partial charge >= 0.3 is 7.48 Å². The highest BCUT2D eigenvalue weighted by atomic mass is 16.2. The Labute approximate surface area is 130 Å². The van der Waals surface area contributed by atoms with Crippen LogP contribution in [-0.4, -0.2) is 12.5 Å². The van der Waals surface area contributed by atoms with Crippen LogP contribution >= 0.6 is 0 Å². The first-order chi connectivity index (χ1) is 10.9. The first-order valence-electron chi connectivity index (χ1n) is 7.47. The molecule has 22 heavy (non-hydrogen) atoms. The molecule has 4 aromatic rings. The maximum Gasteiger partial charge on any atom is 0.304 e. The fraction of sp³-hybridized carbons (Fsp3) is 0. The summed E-state index contributed by atoms with van der Waals surface area (Å²) in [7, 11) is 0.0688. The molecule has 4 rings (SSSR count). The zero-order valence-corrected chi connectivity index (χ0v) is 12.2. The van der Waals surface area contributed by atoms with Crippen molar-refractivity contribution in [2.45, 2.75) is 0 Å². The molecule has 0 atom stereocenters. The maximum absolute atomic E-state index is 9.39. The van der Waals surface area contributed by atoms with Gasteiger partial charge < -0.3 is 5.02 Å². The highest BCUT2D eigenvalue weighted by Gasteiger charge is 2.08. The molecule has 4 aromatic carbocycles. The highest BCUT2D eigenvalue weighted by molar-refractivity contribution is 6.45. The van der Waals surface area contributed by atoms with Crippen LogP contribution < -0.4 is 5.46 Å². The Morgan fingerprint density at radius 1 is 0.636 bits per heavy atom. The molecule has 1 N–H and O–H groups in total. The number of fused-ring (bicyclic) bond motifs is 3. The van der Waals surface area contributed by atoms with Gasteiger partial charge in [0.1, 0.15) is 0 Å². The molecule has 0 aliphatic heterocycles. The predicted octanol–water partition coefficient (Wildman–Crippen LogP) is 3.63. The van der Waals surface area contributed by atoms with Gasteiger partial charge in [-0.3, -0.25) is 0 Å². The summed E-state index contributed by atoms with van der Waals surface area (Å²) in [6.45, 7) is 0. The van der Waals surface area contributed by atoms with E-state index in [1.54, 1.807) is 0 Å². The summed E-state index contributed by atoms with van der Waals surface area (Å²) in [4.78, 5) is 0. The van der Waals surface area contributed by atoms with Gasteiger partial charge in [0.15, 0.2) is 0 Å². The average Bonchev–Trinajstić information content (AvgIpc) is 2.61. The molecule has 1 nitrogen and oxygen atoms in total. The first kappa shape index (κ1) is 13.1. The quantitative estimate of drug-likeness (QED) is 0.439. The minimum atomic E-state index is 0.0688. The lowest BCUT2D eigenvalue weighted by Crippen LogP contribution is -2.12. The summed E-state index contributed by atoms with van der Waals surface area (Å²) in [5.41, 5.74) is 3.30. The molecule has 0 radical (unpaired) electrons. The van der Waals surface area contributed by atoms with Crippen molar-refractivity contribution in [3.05, 3.63) is 78.9 Å². The molecule has 0 bridgehead atoms. The second-order valence-electron chi connectivity index (χ2n) is 5.55. The lowest BCUT2D eigenvalue weighted by Gasteiger charge is -2.11. The van der Waals surface area contributed by atoms with Crippen LogP contribution in [0.1, 0.15) is 0 Å². The maximum atomic E-state index is 9.39. The monoisotopic (exact) mass is 282 g/mol. The minimum Gasteiger partial charge on any atom is -0.449 e. The van der Waals surface area contributed by atoms with Crippen molar-refractivity contribution < 1.29 is 5.02 Å².